The van der Waals surface area contributed by atoms with E-state index < -0.39 is 17.6 Å². The monoisotopic (exact) mass is 406 g/mol. The van der Waals surface area contributed by atoms with Crippen LogP contribution in [0.4, 0.5) is 17.6 Å². The van der Waals surface area contributed by atoms with Crippen molar-refractivity contribution in [2.45, 2.75) is 6.18 Å². The number of aromatic nitrogens is 2. The van der Waals surface area contributed by atoms with Gasteiger partial charge in [0.05, 0.1) is 11.8 Å². The molecule has 0 bridgehead atoms. The molecule has 2 heterocycles. The summed E-state index contributed by atoms with van der Waals surface area (Å²) < 4.78 is 54.7. The van der Waals surface area contributed by atoms with E-state index in [0.29, 0.717) is 9.26 Å². The number of nitrogens with zero attached hydrogens (tertiary/aromatic N) is 2. The second-order valence-corrected chi connectivity index (χ2v) is 5.53. The average Bonchev–Trinajstić information content (AvgIpc) is 2.78. The maximum atomic E-state index is 13.3. The van der Waals surface area contributed by atoms with E-state index in [0.717, 1.165) is 6.07 Å². The van der Waals surface area contributed by atoms with Crippen molar-refractivity contribution >= 4 is 28.2 Å². The van der Waals surface area contributed by atoms with Crippen LogP contribution in [0, 0.1) is 9.52 Å². The van der Waals surface area contributed by atoms with E-state index in [4.69, 9.17) is 0 Å². The lowest BCUT2D eigenvalue weighted by Crippen LogP contribution is -2.08. The molecule has 2 aromatic heterocycles. The summed E-state index contributed by atoms with van der Waals surface area (Å²) in [6.07, 6.45) is -1.65. The predicted octanol–water partition coefficient (Wildman–Crippen LogP) is 4.76. The van der Waals surface area contributed by atoms with E-state index in [1.54, 1.807) is 6.07 Å². The number of pyridine rings is 1. The lowest BCUT2D eigenvalue weighted by molar-refractivity contribution is -0.136. The molecule has 0 aliphatic rings. The van der Waals surface area contributed by atoms with Gasteiger partial charge in [-0.25, -0.2) is 9.37 Å². The van der Waals surface area contributed by atoms with E-state index in [-0.39, 0.29) is 11.2 Å². The highest BCUT2D eigenvalue weighted by atomic mass is 127. The number of imidazole rings is 1. The maximum Gasteiger partial charge on any atom is 0.420 e. The van der Waals surface area contributed by atoms with Gasteiger partial charge in [-0.2, -0.15) is 13.2 Å². The van der Waals surface area contributed by atoms with Gasteiger partial charge in [0, 0.05) is 6.20 Å². The van der Waals surface area contributed by atoms with Crippen molar-refractivity contribution in [3.05, 3.63) is 57.8 Å². The molecule has 3 aromatic rings. The number of rotatable bonds is 1. The second-order valence-electron chi connectivity index (χ2n) is 4.43. The highest BCUT2D eigenvalue weighted by molar-refractivity contribution is 14.1. The Kier molecular flexibility index (Phi) is 3.39. The molecule has 21 heavy (non-hydrogen) atoms. The summed E-state index contributed by atoms with van der Waals surface area (Å²) in [7, 11) is 0. The lowest BCUT2D eigenvalue weighted by atomic mass is 10.1. The zero-order valence-corrected chi connectivity index (χ0v) is 12.5. The van der Waals surface area contributed by atoms with Gasteiger partial charge >= 0.3 is 6.18 Å². The maximum absolute atomic E-state index is 13.3. The minimum absolute atomic E-state index is 0.160. The fourth-order valence-corrected chi connectivity index (χ4v) is 2.60. The highest BCUT2D eigenvalue weighted by Gasteiger charge is 2.34. The van der Waals surface area contributed by atoms with E-state index >= 15 is 0 Å². The SMILES string of the molecule is Fc1cccc(-c2cc(C(F)(F)F)c3ncc(I)n3c2)c1. The lowest BCUT2D eigenvalue weighted by Gasteiger charge is -2.11. The van der Waals surface area contributed by atoms with E-state index in [1.807, 2.05) is 22.6 Å². The smallest absolute Gasteiger partial charge is 0.294 e. The average molecular weight is 406 g/mol. The molecule has 0 atom stereocenters. The molecule has 108 valence electrons. The van der Waals surface area contributed by atoms with Gasteiger partial charge in [-0.05, 0) is 51.9 Å². The van der Waals surface area contributed by atoms with Crippen LogP contribution in [0.15, 0.2) is 42.7 Å². The highest BCUT2D eigenvalue weighted by Crippen LogP contribution is 2.35. The first-order chi connectivity index (χ1) is 9.86. The van der Waals surface area contributed by atoms with Gasteiger partial charge in [-0.1, -0.05) is 12.1 Å². The molecule has 1 aromatic carbocycles. The van der Waals surface area contributed by atoms with Crippen LogP contribution in [0.3, 0.4) is 0 Å². The van der Waals surface area contributed by atoms with Crippen molar-refractivity contribution in [3.63, 3.8) is 0 Å². The molecule has 0 unspecified atom stereocenters. The Morgan fingerprint density at radius 2 is 1.86 bits per heavy atom. The Balaban J connectivity index is 2.32. The number of alkyl halides is 3. The third-order valence-electron chi connectivity index (χ3n) is 3.02. The van der Waals surface area contributed by atoms with E-state index in [9.17, 15) is 17.6 Å². The van der Waals surface area contributed by atoms with Gasteiger partial charge < -0.3 is 0 Å². The minimum Gasteiger partial charge on any atom is -0.294 e. The summed E-state index contributed by atoms with van der Waals surface area (Å²) in [5.41, 5.74) is -0.337. The van der Waals surface area contributed by atoms with Crippen LogP contribution in [0.2, 0.25) is 0 Å². The van der Waals surface area contributed by atoms with Crippen molar-refractivity contribution in [1.82, 2.24) is 9.38 Å². The first-order valence-corrected chi connectivity index (χ1v) is 6.94. The minimum atomic E-state index is -4.53. The Morgan fingerprint density at radius 1 is 1.10 bits per heavy atom. The number of benzene rings is 1. The first kappa shape index (κ1) is 14.3. The summed E-state index contributed by atoms with van der Waals surface area (Å²) in [6.45, 7) is 0. The van der Waals surface area contributed by atoms with Crippen LogP contribution in [0.5, 0.6) is 0 Å². The van der Waals surface area contributed by atoms with Gasteiger partial charge in [0.1, 0.15) is 15.2 Å². The molecule has 0 radical (unpaired) electrons. The fraction of sp³-hybridized carbons (Fsp3) is 0.0714. The van der Waals surface area contributed by atoms with Crippen LogP contribution in [0.25, 0.3) is 16.8 Å². The molecule has 0 aliphatic carbocycles. The summed E-state index contributed by atoms with van der Waals surface area (Å²) in [5.74, 6) is -0.499. The molecule has 0 aliphatic heterocycles. The first-order valence-electron chi connectivity index (χ1n) is 5.86. The van der Waals surface area contributed by atoms with Crippen molar-refractivity contribution in [2.24, 2.45) is 0 Å². The number of halogens is 5. The van der Waals surface area contributed by atoms with Crippen molar-refractivity contribution in [1.29, 1.82) is 0 Å². The van der Waals surface area contributed by atoms with E-state index in [2.05, 4.69) is 4.98 Å². The van der Waals surface area contributed by atoms with Crippen molar-refractivity contribution < 1.29 is 17.6 Å². The van der Waals surface area contributed by atoms with Crippen LogP contribution >= 0.6 is 22.6 Å². The third kappa shape index (κ3) is 2.61. The molecule has 7 heteroatoms. The molecule has 3 rings (SSSR count). The molecule has 0 fully saturated rings. The van der Waals surface area contributed by atoms with Crippen molar-refractivity contribution in [3.8, 4) is 11.1 Å². The van der Waals surface area contributed by atoms with Gasteiger partial charge in [0.2, 0.25) is 0 Å². The zero-order chi connectivity index (χ0) is 15.2. The third-order valence-corrected chi connectivity index (χ3v) is 3.82. The standard InChI is InChI=1S/C14H7F4IN2/c15-10-3-1-2-8(4-10)9-5-11(14(16,17)18)13-20-6-12(19)21(13)7-9/h1-7H. The Labute approximate surface area is 130 Å². The van der Waals surface area contributed by atoms with Gasteiger partial charge in [-0.15, -0.1) is 0 Å². The quantitative estimate of drug-likeness (QED) is 0.421. The molecular weight excluding hydrogens is 399 g/mol. The largest absolute Gasteiger partial charge is 0.420 e. The van der Waals surface area contributed by atoms with Gasteiger partial charge in [-0.3, -0.25) is 4.40 Å². The predicted molar refractivity (Wildman–Crippen MR) is 78.3 cm³/mol. The van der Waals surface area contributed by atoms with Crippen LogP contribution in [0.1, 0.15) is 5.56 Å². The Morgan fingerprint density at radius 3 is 2.52 bits per heavy atom. The summed E-state index contributed by atoms with van der Waals surface area (Å²) in [5, 5.41) is 0. The fourth-order valence-electron chi connectivity index (χ4n) is 2.09. The van der Waals surface area contributed by atoms with Crippen LogP contribution in [-0.2, 0) is 6.18 Å². The zero-order valence-electron chi connectivity index (χ0n) is 10.3. The Hall–Kier alpha value is -1.64. The molecule has 0 amide bonds. The number of hydrogen-bond acceptors (Lipinski definition) is 1. The van der Waals surface area contributed by atoms with E-state index in [1.165, 1.54) is 35.0 Å². The topological polar surface area (TPSA) is 17.3 Å². The molecule has 0 saturated heterocycles. The van der Waals surface area contributed by atoms with Crippen LogP contribution in [-0.4, -0.2) is 9.38 Å². The molecule has 0 spiro atoms. The summed E-state index contributed by atoms with van der Waals surface area (Å²) in [6, 6.07) is 6.46. The van der Waals surface area contributed by atoms with Crippen molar-refractivity contribution in [2.75, 3.05) is 0 Å². The molecule has 2 nitrogen and oxygen atoms in total. The number of hydrogen-bond donors (Lipinski definition) is 0. The van der Waals surface area contributed by atoms with Gasteiger partial charge in [0.15, 0.2) is 0 Å². The molecule has 0 N–H and O–H groups in total. The summed E-state index contributed by atoms with van der Waals surface area (Å²) in [4.78, 5) is 3.80. The van der Waals surface area contributed by atoms with Gasteiger partial charge in [0.25, 0.3) is 0 Å². The summed E-state index contributed by atoms with van der Waals surface area (Å²) >= 11 is 1.90. The Bertz CT molecular complexity index is 823. The normalized spacial score (nSPS) is 12.0. The second kappa shape index (κ2) is 4.97. The number of fused-ring (bicyclic) bond motifs is 1. The molecule has 0 saturated carbocycles. The van der Waals surface area contributed by atoms with Crippen LogP contribution < -0.4 is 0 Å². The molecular formula is C14H7F4IN2.